The number of rotatable bonds is 7. The zero-order valence-corrected chi connectivity index (χ0v) is 17.2. The maximum atomic E-state index is 12.3. The third-order valence-electron chi connectivity index (χ3n) is 6.11. The van der Waals surface area contributed by atoms with Crippen molar-refractivity contribution < 1.29 is 9.21 Å². The van der Waals surface area contributed by atoms with E-state index in [1.54, 1.807) is 0 Å². The number of hydrogen-bond acceptors (Lipinski definition) is 4. The summed E-state index contributed by atoms with van der Waals surface area (Å²) in [4.78, 5) is 16.8. The summed E-state index contributed by atoms with van der Waals surface area (Å²) >= 11 is 0. The van der Waals surface area contributed by atoms with Gasteiger partial charge in [-0.1, -0.05) is 6.92 Å². The second-order valence-electron chi connectivity index (χ2n) is 8.35. The van der Waals surface area contributed by atoms with Gasteiger partial charge >= 0.3 is 0 Å². The number of likely N-dealkylation sites (tertiary alicyclic amines) is 1. The van der Waals surface area contributed by atoms with Gasteiger partial charge in [0, 0.05) is 44.9 Å². The number of aryl methyl sites for hydroxylation is 2. The van der Waals surface area contributed by atoms with Crippen molar-refractivity contribution in [1.82, 2.24) is 19.6 Å². The highest BCUT2D eigenvalue weighted by molar-refractivity contribution is 5.76. The van der Waals surface area contributed by atoms with E-state index in [4.69, 9.17) is 9.52 Å². The zero-order valence-electron chi connectivity index (χ0n) is 17.2. The van der Waals surface area contributed by atoms with Gasteiger partial charge in [-0.2, -0.15) is 5.10 Å². The minimum atomic E-state index is 0.284. The van der Waals surface area contributed by atoms with Gasteiger partial charge in [0.25, 0.3) is 0 Å². The average Bonchev–Trinajstić information content (AvgIpc) is 3.43. The molecule has 28 heavy (non-hydrogen) atoms. The van der Waals surface area contributed by atoms with Gasteiger partial charge in [0.1, 0.15) is 11.5 Å². The first-order valence-corrected chi connectivity index (χ1v) is 10.7. The highest BCUT2D eigenvalue weighted by atomic mass is 16.3. The number of hydrogen-bond donors (Lipinski definition) is 0. The largest absolute Gasteiger partial charge is 0.466 e. The Kier molecular flexibility index (Phi) is 5.85. The molecule has 0 aliphatic carbocycles. The molecule has 4 rings (SSSR count). The van der Waals surface area contributed by atoms with Crippen LogP contribution >= 0.6 is 0 Å². The van der Waals surface area contributed by atoms with Crippen LogP contribution in [0.5, 0.6) is 0 Å². The van der Waals surface area contributed by atoms with Crippen LogP contribution in [0.15, 0.2) is 22.6 Å². The lowest BCUT2D eigenvalue weighted by Crippen LogP contribution is -2.34. The molecule has 2 aromatic rings. The third-order valence-corrected chi connectivity index (χ3v) is 6.11. The first kappa shape index (κ1) is 19.2. The molecule has 4 heterocycles. The molecule has 0 bridgehead atoms. The van der Waals surface area contributed by atoms with E-state index in [1.807, 2.05) is 17.9 Å². The van der Waals surface area contributed by atoms with E-state index >= 15 is 0 Å². The van der Waals surface area contributed by atoms with Crippen molar-refractivity contribution in [2.45, 2.75) is 65.0 Å². The van der Waals surface area contributed by atoms with E-state index in [1.165, 1.54) is 5.69 Å². The molecule has 2 aliphatic heterocycles. The number of amides is 1. The fraction of sp³-hybridized carbons (Fsp3) is 0.636. The number of furan rings is 1. The second-order valence-corrected chi connectivity index (χ2v) is 8.35. The lowest BCUT2D eigenvalue weighted by molar-refractivity contribution is -0.130. The molecular weight excluding hydrogens is 352 g/mol. The predicted octanol–water partition coefficient (Wildman–Crippen LogP) is 3.35. The molecule has 1 atom stereocenters. The number of aromatic nitrogens is 2. The molecule has 0 spiro atoms. The van der Waals surface area contributed by atoms with Crippen LogP contribution in [0.4, 0.5) is 0 Å². The van der Waals surface area contributed by atoms with Crippen molar-refractivity contribution in [2.24, 2.45) is 0 Å². The Morgan fingerprint density at radius 1 is 1.21 bits per heavy atom. The molecule has 1 unspecified atom stereocenters. The molecule has 2 aliphatic rings. The van der Waals surface area contributed by atoms with Crippen LogP contribution in [0.1, 0.15) is 61.4 Å². The molecule has 0 aromatic carbocycles. The predicted molar refractivity (Wildman–Crippen MR) is 108 cm³/mol. The topological polar surface area (TPSA) is 54.5 Å². The van der Waals surface area contributed by atoms with E-state index in [-0.39, 0.29) is 5.91 Å². The van der Waals surface area contributed by atoms with Crippen molar-refractivity contribution >= 4 is 5.91 Å². The van der Waals surface area contributed by atoms with Crippen LogP contribution in [0.2, 0.25) is 0 Å². The summed E-state index contributed by atoms with van der Waals surface area (Å²) < 4.78 is 7.89. The maximum absolute atomic E-state index is 12.3. The molecule has 6 nitrogen and oxygen atoms in total. The second kappa shape index (κ2) is 8.52. The molecule has 0 N–H and O–H groups in total. The fourth-order valence-electron chi connectivity index (χ4n) is 4.29. The smallest absolute Gasteiger partial charge is 0.222 e. The number of nitrogens with zero attached hydrogens (tertiary/aromatic N) is 4. The van der Waals surface area contributed by atoms with Crippen LogP contribution in [-0.2, 0) is 24.3 Å². The van der Waals surface area contributed by atoms with Gasteiger partial charge in [0.05, 0.1) is 17.9 Å². The average molecular weight is 385 g/mol. The first-order valence-electron chi connectivity index (χ1n) is 10.7. The Hall–Kier alpha value is -2.08. The monoisotopic (exact) mass is 384 g/mol. The number of carbonyl (C=O) groups is 1. The van der Waals surface area contributed by atoms with E-state index in [0.29, 0.717) is 12.3 Å². The van der Waals surface area contributed by atoms with Gasteiger partial charge in [-0.05, 0) is 50.9 Å². The molecule has 1 amide bonds. The summed E-state index contributed by atoms with van der Waals surface area (Å²) in [5.74, 6) is 2.80. The Bertz CT molecular complexity index is 803. The van der Waals surface area contributed by atoms with Crippen LogP contribution in [-0.4, -0.2) is 51.7 Å². The van der Waals surface area contributed by atoms with Gasteiger partial charge in [0.2, 0.25) is 5.91 Å². The maximum Gasteiger partial charge on any atom is 0.222 e. The fourth-order valence-corrected chi connectivity index (χ4v) is 4.29. The molecule has 1 fully saturated rings. The Labute approximate surface area is 167 Å². The van der Waals surface area contributed by atoms with Gasteiger partial charge in [0.15, 0.2) is 0 Å². The van der Waals surface area contributed by atoms with E-state index in [2.05, 4.69) is 28.6 Å². The van der Waals surface area contributed by atoms with E-state index in [0.717, 1.165) is 82.2 Å². The third kappa shape index (κ3) is 4.49. The van der Waals surface area contributed by atoms with Crippen molar-refractivity contribution in [3.8, 4) is 0 Å². The summed E-state index contributed by atoms with van der Waals surface area (Å²) in [6, 6.07) is 6.34. The van der Waals surface area contributed by atoms with Crippen LogP contribution < -0.4 is 0 Å². The minimum absolute atomic E-state index is 0.284. The molecule has 1 saturated heterocycles. The summed E-state index contributed by atoms with van der Waals surface area (Å²) in [6.07, 6.45) is 4.74. The Morgan fingerprint density at radius 2 is 2.04 bits per heavy atom. The summed E-state index contributed by atoms with van der Waals surface area (Å²) in [6.45, 7) is 10.1. The standard InChI is InChI=1S/C22H32N4O2/c1-17(21-7-5-18(2)28-21)9-12-24-13-14-26-20(16-24)15-19(23-26)6-8-22(27)25-10-3-4-11-25/h5,7,15,17H,3-4,6,8-14,16H2,1-2H3. The van der Waals surface area contributed by atoms with Crippen molar-refractivity contribution in [1.29, 1.82) is 0 Å². The quantitative estimate of drug-likeness (QED) is 0.735. The van der Waals surface area contributed by atoms with Crippen LogP contribution in [0.3, 0.4) is 0 Å². The van der Waals surface area contributed by atoms with Crippen molar-refractivity contribution in [3.63, 3.8) is 0 Å². The highest BCUT2D eigenvalue weighted by Crippen LogP contribution is 2.23. The molecule has 6 heteroatoms. The highest BCUT2D eigenvalue weighted by Gasteiger charge is 2.21. The van der Waals surface area contributed by atoms with Crippen molar-refractivity contribution in [2.75, 3.05) is 26.2 Å². The lowest BCUT2D eigenvalue weighted by atomic mass is 10.0. The minimum Gasteiger partial charge on any atom is -0.466 e. The Morgan fingerprint density at radius 3 is 2.79 bits per heavy atom. The Balaban J connectivity index is 1.26. The van der Waals surface area contributed by atoms with E-state index in [9.17, 15) is 4.79 Å². The number of carbonyl (C=O) groups excluding carboxylic acids is 1. The molecule has 152 valence electrons. The van der Waals surface area contributed by atoms with Gasteiger partial charge in [-0.15, -0.1) is 0 Å². The van der Waals surface area contributed by atoms with Crippen LogP contribution in [0, 0.1) is 6.92 Å². The van der Waals surface area contributed by atoms with Crippen molar-refractivity contribution in [3.05, 3.63) is 41.1 Å². The molecule has 0 saturated carbocycles. The van der Waals surface area contributed by atoms with Gasteiger partial charge < -0.3 is 9.32 Å². The SMILES string of the molecule is Cc1ccc(C(C)CCN2CCn3nc(CCC(=O)N4CCCC4)cc3C2)o1. The number of fused-ring (bicyclic) bond motifs is 1. The van der Waals surface area contributed by atoms with Crippen LogP contribution in [0.25, 0.3) is 0 Å². The summed E-state index contributed by atoms with van der Waals surface area (Å²) in [5, 5.41) is 4.73. The summed E-state index contributed by atoms with van der Waals surface area (Å²) in [5.41, 5.74) is 2.33. The zero-order chi connectivity index (χ0) is 19.5. The van der Waals surface area contributed by atoms with Gasteiger partial charge in [-0.3, -0.25) is 14.4 Å². The van der Waals surface area contributed by atoms with E-state index < -0.39 is 0 Å². The summed E-state index contributed by atoms with van der Waals surface area (Å²) in [7, 11) is 0. The molecular formula is C22H32N4O2. The molecule has 0 radical (unpaired) electrons. The first-order chi connectivity index (χ1) is 13.6. The van der Waals surface area contributed by atoms with Gasteiger partial charge in [-0.25, -0.2) is 0 Å². The lowest BCUT2D eigenvalue weighted by Gasteiger charge is -2.28. The molecule has 2 aromatic heterocycles. The normalized spacial score (nSPS) is 18.4.